The highest BCUT2D eigenvalue weighted by atomic mass is 16.5. The summed E-state index contributed by atoms with van der Waals surface area (Å²) in [6, 6.07) is 5.65. The van der Waals surface area contributed by atoms with Crippen LogP contribution in [-0.2, 0) is 11.3 Å². The van der Waals surface area contributed by atoms with Crippen LogP contribution in [0.25, 0.3) is 11.0 Å². The molecule has 1 aromatic carbocycles. The van der Waals surface area contributed by atoms with Gasteiger partial charge in [-0.15, -0.1) is 0 Å². The van der Waals surface area contributed by atoms with Gasteiger partial charge in [0.25, 0.3) is 0 Å². The number of imidazole rings is 1. The van der Waals surface area contributed by atoms with E-state index in [0.29, 0.717) is 18.8 Å². The van der Waals surface area contributed by atoms with Crippen molar-refractivity contribution in [1.82, 2.24) is 14.9 Å². The van der Waals surface area contributed by atoms with Gasteiger partial charge in [-0.1, -0.05) is 34.1 Å². The van der Waals surface area contributed by atoms with Crippen LogP contribution in [0.2, 0.25) is 0 Å². The van der Waals surface area contributed by atoms with E-state index in [4.69, 9.17) is 4.74 Å². The number of unbranched alkanes of at least 4 members (excludes halogenated alkanes) is 2. The first-order valence-electron chi connectivity index (χ1n) is 10.1. The van der Waals surface area contributed by atoms with Crippen LogP contribution in [0.15, 0.2) is 18.2 Å². The lowest BCUT2D eigenvalue weighted by Crippen LogP contribution is -2.25. The topological polar surface area (TPSA) is 73.2 Å². The number of hydrogen-bond donors (Lipinski definition) is 1. The van der Waals surface area contributed by atoms with E-state index in [1.54, 1.807) is 7.11 Å². The molecule has 1 N–H and O–H groups in total. The van der Waals surface area contributed by atoms with Crippen molar-refractivity contribution in [3.63, 3.8) is 0 Å². The molecule has 154 valence electrons. The minimum absolute atomic E-state index is 0.0139. The number of ketones is 1. The van der Waals surface area contributed by atoms with Crippen molar-refractivity contribution in [2.24, 2.45) is 5.41 Å². The van der Waals surface area contributed by atoms with Gasteiger partial charge in [-0.25, -0.2) is 4.98 Å². The molecule has 6 nitrogen and oxygen atoms in total. The van der Waals surface area contributed by atoms with Gasteiger partial charge in [0.05, 0.1) is 18.1 Å². The third-order valence-electron chi connectivity index (χ3n) is 4.73. The molecule has 0 saturated heterocycles. The number of ether oxygens (including phenoxy) is 1. The second-order valence-electron chi connectivity index (χ2n) is 8.18. The Kier molecular flexibility index (Phi) is 7.61. The predicted molar refractivity (Wildman–Crippen MR) is 112 cm³/mol. The largest absolute Gasteiger partial charge is 0.497 e. The Balaban J connectivity index is 2.14. The molecule has 0 aliphatic heterocycles. The number of methoxy groups -OCH3 is 1. The van der Waals surface area contributed by atoms with Gasteiger partial charge in [0.1, 0.15) is 5.75 Å². The molecular formula is C22H33N3O3. The van der Waals surface area contributed by atoms with Crippen LogP contribution < -0.4 is 10.1 Å². The Bertz CT molecular complexity index is 818. The summed E-state index contributed by atoms with van der Waals surface area (Å²) in [6.07, 6.45) is 4.15. The Morgan fingerprint density at radius 2 is 1.93 bits per heavy atom. The summed E-state index contributed by atoms with van der Waals surface area (Å²) in [5.41, 5.74) is 1.16. The van der Waals surface area contributed by atoms with Crippen LogP contribution in [0.5, 0.6) is 5.75 Å². The quantitative estimate of drug-likeness (QED) is 0.485. The molecule has 0 fully saturated rings. The van der Waals surface area contributed by atoms with E-state index in [9.17, 15) is 9.59 Å². The first-order valence-corrected chi connectivity index (χ1v) is 10.1. The van der Waals surface area contributed by atoms with Gasteiger partial charge in [0.2, 0.25) is 11.7 Å². The first kappa shape index (κ1) is 21.9. The smallest absolute Gasteiger partial charge is 0.219 e. The predicted octanol–water partition coefficient (Wildman–Crippen LogP) is 4.36. The zero-order valence-electron chi connectivity index (χ0n) is 17.8. The molecule has 0 unspecified atom stereocenters. The average Bonchev–Trinajstić information content (AvgIpc) is 3.01. The highest BCUT2D eigenvalue weighted by Gasteiger charge is 2.28. The third-order valence-corrected chi connectivity index (χ3v) is 4.73. The Morgan fingerprint density at radius 3 is 2.57 bits per heavy atom. The van der Waals surface area contributed by atoms with Gasteiger partial charge in [0, 0.05) is 31.0 Å². The second-order valence-corrected chi connectivity index (χ2v) is 8.18. The lowest BCUT2D eigenvalue weighted by atomic mass is 9.90. The summed E-state index contributed by atoms with van der Waals surface area (Å²) in [4.78, 5) is 29.4. The Hall–Kier alpha value is -2.37. The molecule has 6 heteroatoms. The van der Waals surface area contributed by atoms with E-state index >= 15 is 0 Å². The van der Waals surface area contributed by atoms with Crippen molar-refractivity contribution < 1.29 is 14.3 Å². The fourth-order valence-corrected chi connectivity index (χ4v) is 3.01. The molecule has 1 heterocycles. The lowest BCUT2D eigenvalue weighted by Gasteiger charge is -2.17. The number of hydrogen-bond acceptors (Lipinski definition) is 4. The second kappa shape index (κ2) is 9.71. The maximum Gasteiger partial charge on any atom is 0.219 e. The molecule has 2 aromatic rings. The number of benzene rings is 1. The molecule has 0 radical (unpaired) electrons. The van der Waals surface area contributed by atoms with E-state index in [1.165, 1.54) is 0 Å². The summed E-state index contributed by atoms with van der Waals surface area (Å²) < 4.78 is 7.31. The van der Waals surface area contributed by atoms with Crippen LogP contribution in [0.1, 0.15) is 70.4 Å². The summed E-state index contributed by atoms with van der Waals surface area (Å²) in [5, 5.41) is 2.94. The molecule has 1 amide bonds. The van der Waals surface area contributed by atoms with Crippen molar-refractivity contribution in [2.45, 2.75) is 66.3 Å². The van der Waals surface area contributed by atoms with Gasteiger partial charge in [0.15, 0.2) is 5.82 Å². The highest BCUT2D eigenvalue weighted by Crippen LogP contribution is 2.27. The summed E-state index contributed by atoms with van der Waals surface area (Å²) in [7, 11) is 1.63. The van der Waals surface area contributed by atoms with Gasteiger partial charge < -0.3 is 14.6 Å². The highest BCUT2D eigenvalue weighted by molar-refractivity contribution is 5.99. The SMILES string of the molecule is CCCCNC(=O)CCCCn1c(C(=O)C(C)(C)C)nc2ccc(OC)cc21. The molecule has 1 aromatic heterocycles. The summed E-state index contributed by atoms with van der Waals surface area (Å²) in [6.45, 7) is 9.20. The zero-order valence-corrected chi connectivity index (χ0v) is 17.8. The Morgan fingerprint density at radius 1 is 1.18 bits per heavy atom. The van der Waals surface area contributed by atoms with E-state index < -0.39 is 5.41 Å². The van der Waals surface area contributed by atoms with Crippen LogP contribution >= 0.6 is 0 Å². The molecule has 28 heavy (non-hydrogen) atoms. The molecule has 0 spiro atoms. The summed E-state index contributed by atoms with van der Waals surface area (Å²) >= 11 is 0. The number of carbonyl (C=O) groups is 2. The molecule has 0 aliphatic carbocycles. The number of amides is 1. The van der Waals surface area contributed by atoms with Gasteiger partial charge in [-0.2, -0.15) is 0 Å². The number of aryl methyl sites for hydroxylation is 1. The molecular weight excluding hydrogens is 354 g/mol. The normalized spacial score (nSPS) is 11.6. The molecule has 2 rings (SSSR count). The molecule has 0 atom stereocenters. The van der Waals surface area contributed by atoms with E-state index in [1.807, 2.05) is 43.5 Å². The van der Waals surface area contributed by atoms with E-state index in [-0.39, 0.29) is 11.7 Å². The Labute approximate surface area is 167 Å². The number of Topliss-reactive ketones (excluding diaryl/α,β-unsaturated/α-hetero) is 1. The number of carbonyl (C=O) groups excluding carboxylic acids is 2. The minimum Gasteiger partial charge on any atom is -0.497 e. The van der Waals surface area contributed by atoms with Crippen molar-refractivity contribution >= 4 is 22.7 Å². The van der Waals surface area contributed by atoms with Crippen molar-refractivity contribution in [3.05, 3.63) is 24.0 Å². The number of nitrogens with one attached hydrogen (secondary N) is 1. The van der Waals surface area contributed by atoms with Gasteiger partial charge >= 0.3 is 0 Å². The first-order chi connectivity index (χ1) is 13.3. The van der Waals surface area contributed by atoms with Crippen LogP contribution in [0, 0.1) is 5.41 Å². The van der Waals surface area contributed by atoms with Crippen LogP contribution in [0.3, 0.4) is 0 Å². The number of aromatic nitrogens is 2. The zero-order chi connectivity index (χ0) is 20.7. The van der Waals surface area contributed by atoms with E-state index in [0.717, 1.165) is 49.0 Å². The van der Waals surface area contributed by atoms with Crippen molar-refractivity contribution in [1.29, 1.82) is 0 Å². The number of rotatable bonds is 10. The van der Waals surface area contributed by atoms with Crippen LogP contribution in [0.4, 0.5) is 0 Å². The minimum atomic E-state index is -0.512. The van der Waals surface area contributed by atoms with Gasteiger partial charge in [-0.05, 0) is 31.4 Å². The fraction of sp³-hybridized carbons (Fsp3) is 0.591. The lowest BCUT2D eigenvalue weighted by molar-refractivity contribution is -0.121. The molecule has 0 bridgehead atoms. The summed E-state index contributed by atoms with van der Waals surface area (Å²) in [5.74, 6) is 1.32. The van der Waals surface area contributed by atoms with Gasteiger partial charge in [-0.3, -0.25) is 9.59 Å². The van der Waals surface area contributed by atoms with E-state index in [2.05, 4.69) is 17.2 Å². The van der Waals surface area contributed by atoms with Crippen molar-refractivity contribution in [3.8, 4) is 5.75 Å². The number of fused-ring (bicyclic) bond motifs is 1. The van der Waals surface area contributed by atoms with Crippen molar-refractivity contribution in [2.75, 3.05) is 13.7 Å². The molecule has 0 saturated carbocycles. The maximum absolute atomic E-state index is 12.9. The standard InChI is InChI=1S/C22H33N3O3/c1-6-7-13-23-19(26)10-8-9-14-25-18-15-16(28-5)11-12-17(18)24-21(25)20(27)22(2,3)4/h11-12,15H,6-10,13-14H2,1-5H3,(H,23,26). The number of nitrogens with zero attached hydrogens (tertiary/aromatic N) is 2. The fourth-order valence-electron chi connectivity index (χ4n) is 3.01. The third kappa shape index (κ3) is 5.57. The molecule has 0 aliphatic rings. The van der Waals surface area contributed by atoms with Crippen LogP contribution in [-0.4, -0.2) is 34.9 Å². The maximum atomic E-state index is 12.9. The monoisotopic (exact) mass is 387 g/mol. The average molecular weight is 388 g/mol.